The first kappa shape index (κ1) is 23.8. The van der Waals surface area contributed by atoms with Crippen molar-refractivity contribution in [3.8, 4) is 5.75 Å². The molecule has 8 nitrogen and oxygen atoms in total. The fraction of sp³-hybridized carbons (Fsp3) is 0.348. The molecule has 0 saturated heterocycles. The molecule has 0 aliphatic heterocycles. The smallest absolute Gasteiger partial charge is 0.229 e. The third-order valence-electron chi connectivity index (χ3n) is 4.81. The first-order valence-electron chi connectivity index (χ1n) is 10.3. The number of anilines is 1. The molecule has 9 heteroatoms. The quantitative estimate of drug-likeness (QED) is 0.295. The zero-order valence-electron chi connectivity index (χ0n) is 18.0. The van der Waals surface area contributed by atoms with Gasteiger partial charge in [-0.2, -0.15) is 0 Å². The monoisotopic (exact) mass is 461 g/mol. The van der Waals surface area contributed by atoms with Gasteiger partial charge in [-0.1, -0.05) is 13.3 Å². The fourth-order valence-corrected chi connectivity index (χ4v) is 3.87. The molecule has 3 rings (SSSR count). The molecule has 1 heterocycles. The maximum absolute atomic E-state index is 13.4. The summed E-state index contributed by atoms with van der Waals surface area (Å²) in [5.74, 6) is 0.842. The number of aliphatic hydroxyl groups excluding tert-OH is 1. The summed E-state index contributed by atoms with van der Waals surface area (Å²) in [5.41, 5.74) is 1.72. The van der Waals surface area contributed by atoms with E-state index in [1.54, 1.807) is 42.5 Å². The molecule has 0 bridgehead atoms. The van der Waals surface area contributed by atoms with Gasteiger partial charge in [-0.05, 0) is 48.9 Å². The van der Waals surface area contributed by atoms with Crippen LogP contribution in [0.1, 0.15) is 47.9 Å². The average Bonchev–Trinajstić information content (AvgIpc) is 3.08. The SMILES string of the molecule is CCCCc1oc2ccc(NS(C)(=O)=O)cc2c1C(=O)c1ccc(OCCC(O)O)cc1. The van der Waals surface area contributed by atoms with Gasteiger partial charge in [0.25, 0.3) is 0 Å². The maximum Gasteiger partial charge on any atom is 0.229 e. The van der Waals surface area contributed by atoms with Crippen LogP contribution >= 0.6 is 0 Å². The lowest BCUT2D eigenvalue weighted by molar-refractivity contribution is -0.0519. The third-order valence-corrected chi connectivity index (χ3v) is 5.42. The molecular weight excluding hydrogens is 434 g/mol. The standard InChI is InChI=1S/C23H27NO7S/c1-3-4-5-20-22(18-14-16(24-32(2,28)29)8-11-19(18)31-20)23(27)15-6-9-17(10-7-15)30-13-12-21(25)26/h6-11,14,21,24-26H,3-5,12-13H2,1-2H3. The van der Waals surface area contributed by atoms with E-state index in [1.807, 2.05) is 6.92 Å². The van der Waals surface area contributed by atoms with Crippen molar-refractivity contribution in [2.45, 2.75) is 38.9 Å². The number of nitrogens with one attached hydrogen (secondary N) is 1. The van der Waals surface area contributed by atoms with Gasteiger partial charge in [0, 0.05) is 29.5 Å². The van der Waals surface area contributed by atoms with Gasteiger partial charge in [0.05, 0.1) is 18.4 Å². The van der Waals surface area contributed by atoms with Crippen LogP contribution in [0.15, 0.2) is 46.9 Å². The average molecular weight is 462 g/mol. The lowest BCUT2D eigenvalue weighted by atomic mass is 9.98. The van der Waals surface area contributed by atoms with Crippen LogP contribution in [0.4, 0.5) is 5.69 Å². The molecule has 0 spiro atoms. The maximum atomic E-state index is 13.4. The third kappa shape index (κ3) is 6.09. The van der Waals surface area contributed by atoms with Gasteiger partial charge >= 0.3 is 0 Å². The summed E-state index contributed by atoms with van der Waals surface area (Å²) in [6.07, 6.45) is 2.07. The van der Waals surface area contributed by atoms with Gasteiger partial charge in [0.2, 0.25) is 10.0 Å². The Morgan fingerprint density at radius 3 is 2.50 bits per heavy atom. The summed E-state index contributed by atoms with van der Waals surface area (Å²) < 4.78 is 37.1. The lowest BCUT2D eigenvalue weighted by Gasteiger charge is -2.08. The molecule has 0 radical (unpaired) electrons. The highest BCUT2D eigenvalue weighted by Crippen LogP contribution is 2.32. The molecule has 1 aromatic heterocycles. The van der Waals surface area contributed by atoms with Crippen molar-refractivity contribution in [3.05, 3.63) is 59.4 Å². The van der Waals surface area contributed by atoms with Crippen LogP contribution in [-0.4, -0.2) is 43.6 Å². The summed E-state index contributed by atoms with van der Waals surface area (Å²) in [6, 6.07) is 11.4. The molecule has 0 atom stereocenters. The summed E-state index contributed by atoms with van der Waals surface area (Å²) in [7, 11) is -3.47. The Kier molecular flexibility index (Phi) is 7.55. The number of sulfonamides is 1. The molecule has 3 N–H and O–H groups in total. The zero-order chi connectivity index (χ0) is 23.3. The summed E-state index contributed by atoms with van der Waals surface area (Å²) >= 11 is 0. The van der Waals surface area contributed by atoms with Gasteiger partial charge in [0.1, 0.15) is 17.1 Å². The first-order chi connectivity index (χ1) is 15.2. The first-order valence-corrected chi connectivity index (χ1v) is 12.2. The Bertz CT molecular complexity index is 1180. The van der Waals surface area contributed by atoms with Gasteiger partial charge < -0.3 is 19.4 Å². The number of rotatable bonds is 11. The molecule has 0 unspecified atom stereocenters. The van der Waals surface area contributed by atoms with Crippen molar-refractivity contribution in [1.29, 1.82) is 0 Å². The van der Waals surface area contributed by atoms with E-state index in [9.17, 15) is 13.2 Å². The number of ether oxygens (including phenoxy) is 1. The van der Waals surface area contributed by atoms with E-state index in [4.69, 9.17) is 19.4 Å². The minimum Gasteiger partial charge on any atom is -0.493 e. The molecule has 0 aliphatic carbocycles. The molecular formula is C23H27NO7S. The number of aliphatic hydroxyl groups is 2. The summed E-state index contributed by atoms with van der Waals surface area (Å²) in [5, 5.41) is 18.3. The molecule has 0 aliphatic rings. The van der Waals surface area contributed by atoms with E-state index in [-0.39, 0.29) is 18.8 Å². The summed E-state index contributed by atoms with van der Waals surface area (Å²) in [6.45, 7) is 2.18. The summed E-state index contributed by atoms with van der Waals surface area (Å²) in [4.78, 5) is 13.4. The van der Waals surface area contributed by atoms with E-state index < -0.39 is 16.3 Å². The second-order valence-electron chi connectivity index (χ2n) is 7.56. The predicted octanol–water partition coefficient (Wildman–Crippen LogP) is 3.46. The molecule has 0 saturated carbocycles. The highest BCUT2D eigenvalue weighted by molar-refractivity contribution is 7.92. The number of hydrogen-bond acceptors (Lipinski definition) is 7. The molecule has 172 valence electrons. The number of unbranched alkanes of at least 4 members (excludes halogenated alkanes) is 1. The van der Waals surface area contributed by atoms with Crippen molar-refractivity contribution >= 4 is 32.5 Å². The largest absolute Gasteiger partial charge is 0.493 e. The van der Waals surface area contributed by atoms with Crippen molar-refractivity contribution in [3.63, 3.8) is 0 Å². The molecule has 0 amide bonds. The van der Waals surface area contributed by atoms with Crippen molar-refractivity contribution in [1.82, 2.24) is 0 Å². The highest BCUT2D eigenvalue weighted by Gasteiger charge is 2.22. The second-order valence-corrected chi connectivity index (χ2v) is 9.31. The molecule has 32 heavy (non-hydrogen) atoms. The number of aryl methyl sites for hydroxylation is 1. The van der Waals surface area contributed by atoms with Crippen molar-refractivity contribution in [2.24, 2.45) is 0 Å². The predicted molar refractivity (Wildman–Crippen MR) is 122 cm³/mol. The van der Waals surface area contributed by atoms with Crippen LogP contribution in [0.5, 0.6) is 5.75 Å². The van der Waals surface area contributed by atoms with Crippen LogP contribution in [0, 0.1) is 0 Å². The highest BCUT2D eigenvalue weighted by atomic mass is 32.2. The number of carbonyl (C=O) groups excluding carboxylic acids is 1. The second kappa shape index (κ2) is 10.2. The van der Waals surface area contributed by atoms with Gasteiger partial charge in [-0.25, -0.2) is 8.42 Å². The topological polar surface area (TPSA) is 126 Å². The number of benzene rings is 2. The van der Waals surface area contributed by atoms with Crippen LogP contribution in [0.3, 0.4) is 0 Å². The number of hydrogen-bond donors (Lipinski definition) is 3. The van der Waals surface area contributed by atoms with Gasteiger partial charge in [-0.15, -0.1) is 0 Å². The normalized spacial score (nSPS) is 11.8. The fourth-order valence-electron chi connectivity index (χ4n) is 3.32. The van der Waals surface area contributed by atoms with E-state index in [1.165, 1.54) is 0 Å². The van der Waals surface area contributed by atoms with E-state index in [2.05, 4.69) is 4.72 Å². The van der Waals surface area contributed by atoms with E-state index >= 15 is 0 Å². The number of carbonyl (C=O) groups is 1. The Morgan fingerprint density at radius 1 is 1.16 bits per heavy atom. The van der Waals surface area contributed by atoms with E-state index in [0.29, 0.717) is 45.7 Å². The van der Waals surface area contributed by atoms with Crippen LogP contribution in [0.2, 0.25) is 0 Å². The minimum atomic E-state index is -3.47. The Hall–Kier alpha value is -2.88. The Balaban J connectivity index is 1.95. The molecule has 0 fully saturated rings. The van der Waals surface area contributed by atoms with Crippen LogP contribution in [-0.2, 0) is 16.4 Å². The van der Waals surface area contributed by atoms with Gasteiger partial charge in [0.15, 0.2) is 12.1 Å². The number of furan rings is 1. The Labute approximate surface area is 186 Å². The van der Waals surface area contributed by atoms with Crippen molar-refractivity contribution < 1.29 is 32.6 Å². The Morgan fingerprint density at radius 2 is 1.88 bits per heavy atom. The number of ketones is 1. The molecule has 2 aromatic carbocycles. The van der Waals surface area contributed by atoms with Gasteiger partial charge in [-0.3, -0.25) is 9.52 Å². The van der Waals surface area contributed by atoms with E-state index in [0.717, 1.165) is 19.1 Å². The van der Waals surface area contributed by atoms with Crippen molar-refractivity contribution in [2.75, 3.05) is 17.6 Å². The van der Waals surface area contributed by atoms with Crippen LogP contribution in [0.25, 0.3) is 11.0 Å². The molecule has 3 aromatic rings. The van der Waals surface area contributed by atoms with Crippen LogP contribution < -0.4 is 9.46 Å². The minimum absolute atomic E-state index is 0.0757. The zero-order valence-corrected chi connectivity index (χ0v) is 18.8. The number of fused-ring (bicyclic) bond motifs is 1. The lowest BCUT2D eigenvalue weighted by Crippen LogP contribution is -2.10.